The van der Waals surface area contributed by atoms with Crippen molar-refractivity contribution in [3.63, 3.8) is 0 Å². The molecule has 0 saturated carbocycles. The number of rotatable bonds is 15. The number of hydrogen-bond donors (Lipinski definition) is 2. The molecular formula is C67H60N6O4RuS10. The molecule has 450 valence electrons. The second-order valence-corrected chi connectivity index (χ2v) is 26.5. The van der Waals surface area contributed by atoms with Crippen LogP contribution in [0.4, 0.5) is 0 Å². The van der Waals surface area contributed by atoms with Crippen molar-refractivity contribution in [2.75, 3.05) is 5.75 Å². The van der Waals surface area contributed by atoms with E-state index in [4.69, 9.17) is 20.7 Å². The summed E-state index contributed by atoms with van der Waals surface area (Å²) in [4.78, 5) is 57.7. The fourth-order valence-corrected chi connectivity index (χ4v) is 15.5. The largest absolute Gasteiger partial charge is 2.00 e. The first-order chi connectivity index (χ1) is 42.3. The molecule has 0 atom stereocenters. The standard InChI is InChI=1S/C25H19NS4.C24H21NS4.C12H8N2O4.2C2H6.2CHNS.Ru/c1-17-5-8-21(27-17)23-10-12-25(30-23)24-11-9-22(29-24)20-4-2-3-19(28-20)7-6-18-13-15-26-16-14-18;1-17-8-9-22(27-17)24-11-10-23(29-24)21-7-3-6-20(28-21)18(2)26-16-4-5-19-12-14-25-15-13-19;15-11(16)7-1-3-13-9(5-7)10-6-8(12(17)18)2-4-14-10;2*1-2;2*2-1-3;/h3-16H,2H2,1H3;4-15H,2-3,16H2,1H3;1-6H,(H,15,16)(H,17,18);2*1-2H3;2*3H;/q;;;;;;;+2/p-2/b7-6+;5-4+;;;;;;. The molecule has 11 rings (SSSR count). The molecule has 0 spiro atoms. The van der Waals surface area contributed by atoms with Crippen molar-refractivity contribution in [3.05, 3.63) is 246 Å². The third kappa shape index (κ3) is 24.0. The number of hydrogen-bond acceptors (Lipinski definition) is 18. The van der Waals surface area contributed by atoms with E-state index < -0.39 is 11.9 Å². The number of aromatic carboxylic acids is 2. The van der Waals surface area contributed by atoms with Crippen LogP contribution in [0.2, 0.25) is 0 Å². The minimum atomic E-state index is -1.08. The smallest absolute Gasteiger partial charge is 0.696 e. The van der Waals surface area contributed by atoms with Gasteiger partial charge in [-0.1, -0.05) is 111 Å². The van der Waals surface area contributed by atoms with Gasteiger partial charge in [0.25, 0.3) is 0 Å². The number of nitrogens with zero attached hydrogens (tertiary/aromatic N) is 6. The third-order valence-corrected chi connectivity index (χ3v) is 20.9. The van der Waals surface area contributed by atoms with Crippen LogP contribution in [0.1, 0.15) is 91.9 Å². The average molecular weight is 1430 g/mol. The Hall–Kier alpha value is -6.69. The monoisotopic (exact) mass is 1430 g/mol. The Morgan fingerprint density at radius 2 is 0.932 bits per heavy atom. The molecule has 0 unspecified atom stereocenters. The van der Waals surface area contributed by atoms with Gasteiger partial charge in [0.1, 0.15) is 0 Å². The normalized spacial score (nSPS) is 11.8. The van der Waals surface area contributed by atoms with Crippen LogP contribution in [0.5, 0.6) is 0 Å². The first-order valence-electron chi connectivity index (χ1n) is 26.8. The van der Waals surface area contributed by atoms with Crippen molar-refractivity contribution in [1.82, 2.24) is 19.9 Å². The molecule has 0 aliphatic carbocycles. The zero-order valence-corrected chi connectivity index (χ0v) is 58.5. The Morgan fingerprint density at radius 1 is 0.545 bits per heavy atom. The number of pyridine rings is 4. The Kier molecular flexibility index (Phi) is 34.2. The summed E-state index contributed by atoms with van der Waals surface area (Å²) in [6.07, 6.45) is 29.8. The van der Waals surface area contributed by atoms with Crippen LogP contribution in [0.15, 0.2) is 204 Å². The first-order valence-corrected chi connectivity index (χ1v) is 34.3. The van der Waals surface area contributed by atoms with Gasteiger partial charge >= 0.3 is 31.4 Å². The van der Waals surface area contributed by atoms with Crippen LogP contribution >= 0.6 is 92.0 Å². The van der Waals surface area contributed by atoms with Crippen molar-refractivity contribution in [2.24, 2.45) is 0 Å². The van der Waals surface area contributed by atoms with E-state index in [1.807, 2.05) is 157 Å². The van der Waals surface area contributed by atoms with Crippen LogP contribution in [-0.4, -0.2) is 47.8 Å². The van der Waals surface area contributed by atoms with Crippen LogP contribution in [0.3, 0.4) is 0 Å². The van der Waals surface area contributed by atoms with Gasteiger partial charge in [-0.3, -0.25) is 19.9 Å². The topological polar surface area (TPSA) is 174 Å². The van der Waals surface area contributed by atoms with Crippen molar-refractivity contribution in [2.45, 2.75) is 54.4 Å². The van der Waals surface area contributed by atoms with Crippen molar-refractivity contribution < 1.29 is 39.3 Å². The number of nitriles is 2. The van der Waals surface area contributed by atoms with E-state index in [0.717, 1.165) is 23.5 Å². The molecule has 88 heavy (non-hydrogen) atoms. The Morgan fingerprint density at radius 3 is 1.36 bits per heavy atom. The zero-order valence-electron chi connectivity index (χ0n) is 48.6. The summed E-state index contributed by atoms with van der Waals surface area (Å²) in [5.41, 5.74) is 3.13. The third-order valence-electron chi connectivity index (χ3n) is 11.3. The number of thioether (sulfide) groups is 3. The van der Waals surface area contributed by atoms with E-state index >= 15 is 0 Å². The number of thiophene rings is 5. The molecule has 2 aliphatic rings. The average Bonchev–Trinajstić information content (AvgIpc) is 3.78. The first kappa shape index (κ1) is 73.8. The zero-order chi connectivity index (χ0) is 62.9. The van der Waals surface area contributed by atoms with Gasteiger partial charge in [0.2, 0.25) is 0 Å². The van der Waals surface area contributed by atoms with Gasteiger partial charge in [-0.05, 0) is 153 Å². The van der Waals surface area contributed by atoms with E-state index in [9.17, 15) is 9.59 Å². The second-order valence-electron chi connectivity index (χ2n) is 17.0. The minimum Gasteiger partial charge on any atom is -0.696 e. The fraction of sp³-hybridized carbons (Fsp3) is 0.134. The predicted molar refractivity (Wildman–Crippen MR) is 383 cm³/mol. The van der Waals surface area contributed by atoms with Crippen molar-refractivity contribution in [1.29, 1.82) is 10.5 Å². The number of carboxylic acids is 2. The van der Waals surface area contributed by atoms with E-state index in [2.05, 4.69) is 175 Å². The summed E-state index contributed by atoms with van der Waals surface area (Å²) in [5, 5.41) is 34.6. The SMILES string of the molecule is C=C(SC/C=C/c1ccncc1)C1=CCC=C(c2ccc(-c3ccc(C)s3)s2)S1.CC.CC.Cc1ccc(-c2ccc(-c3ccc(C4=CCC=C(/C=C/c5ccncc5)S4)s3)s2)s1.N#C[S-].N#C[S-].O=C(O)c1ccnc(-c2cc(C(=O)O)ccn2)c1.[Ru+2]. The molecular weight excluding hydrogens is 1370 g/mol. The van der Waals surface area contributed by atoms with Crippen molar-refractivity contribution >= 4 is 151 Å². The Labute approximate surface area is 572 Å². The van der Waals surface area contributed by atoms with Gasteiger partial charge in [-0.2, -0.15) is 0 Å². The van der Waals surface area contributed by atoms with Gasteiger partial charge in [-0.25, -0.2) is 20.1 Å². The molecule has 9 aromatic heterocycles. The van der Waals surface area contributed by atoms with Crippen molar-refractivity contribution in [3.8, 4) is 51.5 Å². The minimum absolute atomic E-state index is 0. The predicted octanol–water partition coefficient (Wildman–Crippen LogP) is 21.1. The summed E-state index contributed by atoms with van der Waals surface area (Å²) in [6, 6.07) is 35.9. The summed E-state index contributed by atoms with van der Waals surface area (Å²) in [7, 11) is 0. The second kappa shape index (κ2) is 40.8. The number of carboxylic acid groups (broad SMARTS) is 2. The quantitative estimate of drug-likeness (QED) is 0.0563. The van der Waals surface area contributed by atoms with Crippen LogP contribution < -0.4 is 0 Å². The molecule has 0 aromatic carbocycles. The molecule has 0 fully saturated rings. The van der Waals surface area contributed by atoms with E-state index in [1.165, 1.54) is 127 Å². The fourth-order valence-electron chi connectivity index (χ4n) is 7.42. The summed E-state index contributed by atoms with van der Waals surface area (Å²) in [5.74, 6) is -1.24. The molecule has 0 bridgehead atoms. The molecule has 11 heterocycles. The molecule has 10 nitrogen and oxygen atoms in total. The van der Waals surface area contributed by atoms with Crippen LogP contribution in [0.25, 0.3) is 62.6 Å². The molecule has 2 aliphatic heterocycles. The van der Waals surface area contributed by atoms with Crippen LogP contribution in [-0.2, 0) is 44.7 Å². The number of aryl methyl sites for hydroxylation is 2. The molecule has 0 amide bonds. The molecule has 2 N–H and O–H groups in total. The maximum Gasteiger partial charge on any atom is 2.00 e. The summed E-state index contributed by atoms with van der Waals surface area (Å²) >= 11 is 22.3. The number of thiocyanates is 2. The van der Waals surface area contributed by atoms with Gasteiger partial charge in [-0.15, -0.1) is 68.4 Å². The molecule has 9 aromatic rings. The van der Waals surface area contributed by atoms with Gasteiger partial charge in [0.05, 0.1) is 22.5 Å². The van der Waals surface area contributed by atoms with Gasteiger partial charge in [0, 0.05) is 116 Å². The molecule has 21 heteroatoms. The van der Waals surface area contributed by atoms with Gasteiger partial charge in [0.15, 0.2) is 0 Å². The summed E-state index contributed by atoms with van der Waals surface area (Å²) < 4.78 is 0. The Balaban J connectivity index is 0.000000268. The Bertz CT molecular complexity index is 3890. The number of carbonyl (C=O) groups is 2. The van der Waals surface area contributed by atoms with E-state index in [1.54, 1.807) is 11.8 Å². The summed E-state index contributed by atoms with van der Waals surface area (Å²) in [6.45, 7) is 16.6. The number of allylic oxidation sites excluding steroid dienone is 5. The molecule has 0 saturated heterocycles. The maximum atomic E-state index is 10.8. The molecule has 0 radical (unpaired) electrons. The van der Waals surface area contributed by atoms with E-state index in [0.29, 0.717) is 11.4 Å². The van der Waals surface area contributed by atoms with Gasteiger partial charge < -0.3 is 35.5 Å². The van der Waals surface area contributed by atoms with Crippen LogP contribution in [0, 0.1) is 35.2 Å². The van der Waals surface area contributed by atoms with E-state index in [-0.39, 0.29) is 30.6 Å². The number of aromatic nitrogens is 4. The maximum absolute atomic E-state index is 10.8.